The Hall–Kier alpha value is -6.68. The number of imidazole rings is 2. The quantitative estimate of drug-likeness (QED) is 0.134. The van der Waals surface area contributed by atoms with E-state index >= 15 is 0 Å². The third kappa shape index (κ3) is 8.46. The van der Waals surface area contributed by atoms with E-state index in [4.69, 9.17) is 18.5 Å². The fourth-order valence-electron chi connectivity index (χ4n) is 9.12. The number of aryl methyl sites for hydroxylation is 4. The highest BCUT2D eigenvalue weighted by molar-refractivity contribution is 5.70. The zero-order chi connectivity index (χ0) is 42.7. The molecule has 62 heavy (non-hydrogen) atoms. The molecule has 8 aromatic rings. The normalized spacial score (nSPS) is 15.6. The van der Waals surface area contributed by atoms with Crippen LogP contribution in [0.3, 0.4) is 0 Å². The first-order valence-electron chi connectivity index (χ1n) is 21.7. The van der Waals surface area contributed by atoms with Crippen LogP contribution in [0.25, 0.3) is 33.9 Å². The number of hydrogen-bond acceptors (Lipinski definition) is 8. The maximum absolute atomic E-state index is 5.94. The predicted molar refractivity (Wildman–Crippen MR) is 242 cm³/mol. The number of benzene rings is 4. The van der Waals surface area contributed by atoms with Gasteiger partial charge in [-0.2, -0.15) is 0 Å². The summed E-state index contributed by atoms with van der Waals surface area (Å²) in [5.41, 5.74) is 15.6. The van der Waals surface area contributed by atoms with Crippen LogP contribution in [0.2, 0.25) is 0 Å². The summed E-state index contributed by atoms with van der Waals surface area (Å²) in [5, 5.41) is 9.01. The Labute approximate surface area is 363 Å². The van der Waals surface area contributed by atoms with Crippen LogP contribution in [0.15, 0.2) is 119 Å². The van der Waals surface area contributed by atoms with Gasteiger partial charge in [0.15, 0.2) is 0 Å². The van der Waals surface area contributed by atoms with E-state index in [1.54, 1.807) is 26.9 Å². The summed E-state index contributed by atoms with van der Waals surface area (Å²) in [6.45, 7) is 8.20. The minimum atomic E-state index is 0.378. The zero-order valence-corrected chi connectivity index (χ0v) is 36.5. The van der Waals surface area contributed by atoms with Gasteiger partial charge in [0.1, 0.15) is 34.4 Å². The van der Waals surface area contributed by atoms with Crippen molar-refractivity contribution in [3.05, 3.63) is 166 Å². The summed E-state index contributed by atoms with van der Waals surface area (Å²) in [6, 6.07) is 30.0. The number of fused-ring (bicyclic) bond motifs is 2. The van der Waals surface area contributed by atoms with Crippen LogP contribution >= 0.6 is 0 Å². The lowest BCUT2D eigenvalue weighted by Crippen LogP contribution is -2.10. The molecule has 316 valence electrons. The largest absolute Gasteiger partial charge is 0.495 e. The molecule has 0 spiro atoms. The number of aromatic nitrogens is 6. The summed E-state index contributed by atoms with van der Waals surface area (Å²) >= 11 is 0. The minimum Gasteiger partial charge on any atom is -0.495 e. The molecule has 10 heteroatoms. The second-order valence-corrected chi connectivity index (χ2v) is 16.9. The standard InChI is InChI=1S/2C26H27N3O2/c2*1-17-7-9-19(10-8-17)13-21-5-4-6-22-25(28-31-26(21)22)20-11-12-23(24(14-20)30-3)29-15-18(2)27-16-29/h2*7-12,14-16,21H,4-6,13H2,1-3H3. The van der Waals surface area contributed by atoms with E-state index in [1.807, 2.05) is 47.5 Å². The number of methoxy groups -OCH3 is 2. The molecule has 0 N–H and O–H groups in total. The van der Waals surface area contributed by atoms with Crippen molar-refractivity contribution >= 4 is 0 Å². The van der Waals surface area contributed by atoms with Crippen molar-refractivity contribution in [3.8, 4) is 45.4 Å². The van der Waals surface area contributed by atoms with Crippen molar-refractivity contribution in [1.82, 2.24) is 29.4 Å². The Kier molecular flexibility index (Phi) is 11.6. The molecule has 0 amide bonds. The van der Waals surface area contributed by atoms with E-state index < -0.39 is 0 Å². The summed E-state index contributed by atoms with van der Waals surface area (Å²) in [7, 11) is 3.39. The summed E-state index contributed by atoms with van der Waals surface area (Å²) in [5.74, 6) is 4.44. The number of rotatable bonds is 10. The summed E-state index contributed by atoms with van der Waals surface area (Å²) < 4.78 is 27.2. The highest BCUT2D eigenvalue weighted by Crippen LogP contribution is 2.42. The van der Waals surface area contributed by atoms with Gasteiger partial charge in [-0.25, -0.2) is 9.97 Å². The Morgan fingerprint density at radius 2 is 0.984 bits per heavy atom. The molecule has 4 aromatic heterocycles. The smallest absolute Gasteiger partial charge is 0.143 e. The maximum atomic E-state index is 5.94. The van der Waals surface area contributed by atoms with Gasteiger partial charge in [-0.1, -0.05) is 82.1 Å². The zero-order valence-electron chi connectivity index (χ0n) is 36.5. The Balaban J connectivity index is 0.000000158. The lowest BCUT2D eigenvalue weighted by Gasteiger charge is -2.21. The van der Waals surface area contributed by atoms with Gasteiger partial charge in [0.25, 0.3) is 0 Å². The molecule has 10 rings (SSSR count). The third-order valence-corrected chi connectivity index (χ3v) is 12.4. The summed E-state index contributed by atoms with van der Waals surface area (Å²) in [6.07, 6.45) is 16.2. The molecule has 0 radical (unpaired) electrons. The fourth-order valence-corrected chi connectivity index (χ4v) is 9.12. The maximum Gasteiger partial charge on any atom is 0.143 e. The molecule has 0 saturated heterocycles. The molecular weight excluding hydrogens is 773 g/mol. The Morgan fingerprint density at radius 1 is 0.565 bits per heavy atom. The lowest BCUT2D eigenvalue weighted by atomic mass is 9.83. The second kappa shape index (κ2) is 17.7. The monoisotopic (exact) mass is 826 g/mol. The van der Waals surface area contributed by atoms with Crippen LogP contribution in [0.5, 0.6) is 11.5 Å². The molecule has 0 aliphatic heterocycles. The van der Waals surface area contributed by atoms with Crippen LogP contribution in [0.4, 0.5) is 0 Å². The molecule has 4 heterocycles. The van der Waals surface area contributed by atoms with Gasteiger partial charge in [0, 0.05) is 46.5 Å². The topological polar surface area (TPSA) is 106 Å². The molecule has 2 aliphatic rings. The van der Waals surface area contributed by atoms with Crippen molar-refractivity contribution in [2.24, 2.45) is 0 Å². The van der Waals surface area contributed by atoms with Crippen molar-refractivity contribution in [1.29, 1.82) is 0 Å². The van der Waals surface area contributed by atoms with E-state index in [-0.39, 0.29) is 0 Å². The molecule has 2 unspecified atom stereocenters. The van der Waals surface area contributed by atoms with E-state index in [9.17, 15) is 0 Å². The molecule has 2 atom stereocenters. The minimum absolute atomic E-state index is 0.378. The van der Waals surface area contributed by atoms with Gasteiger partial charge in [-0.05, 0) is 114 Å². The van der Waals surface area contributed by atoms with Crippen LogP contribution < -0.4 is 9.47 Å². The van der Waals surface area contributed by atoms with Crippen molar-refractivity contribution < 1.29 is 18.5 Å². The van der Waals surface area contributed by atoms with Gasteiger partial charge in [0.05, 0.1) is 49.6 Å². The number of nitrogens with zero attached hydrogens (tertiary/aromatic N) is 6. The van der Waals surface area contributed by atoms with E-state index in [2.05, 4.69) is 107 Å². The summed E-state index contributed by atoms with van der Waals surface area (Å²) in [4.78, 5) is 8.65. The number of ether oxygens (including phenoxy) is 2. The van der Waals surface area contributed by atoms with Crippen LogP contribution in [0.1, 0.15) is 93.8 Å². The predicted octanol–water partition coefficient (Wildman–Crippen LogP) is 11.6. The van der Waals surface area contributed by atoms with E-state index in [1.165, 1.54) is 33.4 Å². The van der Waals surface area contributed by atoms with Gasteiger partial charge < -0.3 is 27.7 Å². The molecule has 2 aliphatic carbocycles. The average Bonchev–Trinajstić information content (AvgIpc) is 4.13. The van der Waals surface area contributed by atoms with Crippen molar-refractivity contribution in [2.75, 3.05) is 14.2 Å². The van der Waals surface area contributed by atoms with Gasteiger partial charge in [-0.3, -0.25) is 0 Å². The molecular formula is C52H54N6O4. The molecule has 10 nitrogen and oxygen atoms in total. The Bertz CT molecular complexity index is 2600. The fraction of sp³-hybridized carbons (Fsp3) is 0.308. The molecule has 0 fully saturated rings. The first kappa shape index (κ1) is 40.7. The first-order chi connectivity index (χ1) is 30.2. The van der Waals surface area contributed by atoms with Gasteiger partial charge >= 0.3 is 0 Å². The highest BCUT2D eigenvalue weighted by Gasteiger charge is 2.30. The van der Waals surface area contributed by atoms with Crippen molar-refractivity contribution in [2.45, 2.75) is 90.9 Å². The van der Waals surface area contributed by atoms with Crippen LogP contribution in [-0.4, -0.2) is 43.6 Å². The van der Waals surface area contributed by atoms with Crippen LogP contribution in [-0.2, 0) is 25.7 Å². The van der Waals surface area contributed by atoms with E-state index in [0.717, 1.165) is 120 Å². The molecule has 0 bridgehead atoms. The van der Waals surface area contributed by atoms with E-state index in [0.29, 0.717) is 11.8 Å². The highest BCUT2D eigenvalue weighted by atomic mass is 16.5. The van der Waals surface area contributed by atoms with Gasteiger partial charge in [-0.15, -0.1) is 0 Å². The lowest BCUT2D eigenvalue weighted by molar-refractivity contribution is 0.340. The third-order valence-electron chi connectivity index (χ3n) is 12.4. The SMILES string of the molecule is COc1cc(-c2noc3c2CCCC3Cc2ccc(C)cc2)ccc1-n1cnc(C)c1.COc1cc(-c2noc3c2CCCC3Cc2ccc(C)cc2)ccc1-n1cnc(C)c1. The Morgan fingerprint density at radius 3 is 1.35 bits per heavy atom. The first-order valence-corrected chi connectivity index (χ1v) is 21.7. The molecule has 4 aromatic carbocycles. The average molecular weight is 827 g/mol. The molecule has 0 saturated carbocycles. The van der Waals surface area contributed by atoms with Crippen molar-refractivity contribution in [3.63, 3.8) is 0 Å². The second-order valence-electron chi connectivity index (χ2n) is 16.9. The van der Waals surface area contributed by atoms with Crippen LogP contribution in [0, 0.1) is 27.7 Å². The van der Waals surface area contributed by atoms with Gasteiger partial charge in [0.2, 0.25) is 0 Å². The number of hydrogen-bond donors (Lipinski definition) is 0.